The minimum atomic E-state index is -4.45. The molecule has 0 saturated heterocycles. The summed E-state index contributed by atoms with van der Waals surface area (Å²) in [6.45, 7) is -1.61. The highest BCUT2D eigenvalue weighted by atomic mass is 35.5. The van der Waals surface area contributed by atoms with Crippen molar-refractivity contribution in [2.45, 2.75) is 37.9 Å². The summed E-state index contributed by atoms with van der Waals surface area (Å²) >= 11 is 11.8. The van der Waals surface area contributed by atoms with Gasteiger partial charge in [0.15, 0.2) is 13.2 Å². The fourth-order valence-electron chi connectivity index (χ4n) is 3.42. The lowest BCUT2D eigenvalue weighted by Crippen LogP contribution is -2.41. The van der Waals surface area contributed by atoms with E-state index in [1.807, 2.05) is 0 Å². The van der Waals surface area contributed by atoms with E-state index in [0.29, 0.717) is 47.2 Å². The Labute approximate surface area is 203 Å². The second-order valence-electron chi connectivity index (χ2n) is 7.76. The normalized spacial score (nSPS) is 18.1. The van der Waals surface area contributed by atoms with Crippen LogP contribution in [0.25, 0.3) is 0 Å². The highest BCUT2D eigenvalue weighted by Crippen LogP contribution is 2.27. The van der Waals surface area contributed by atoms with E-state index < -0.39 is 12.8 Å². The summed E-state index contributed by atoms with van der Waals surface area (Å²) in [4.78, 5) is 28.4. The third-order valence-electron chi connectivity index (χ3n) is 5.11. The Hall–Kier alpha value is -2.72. The lowest BCUT2D eigenvalue weighted by molar-refractivity contribution is -0.154. The lowest BCUT2D eigenvalue weighted by atomic mass is 9.85. The molecule has 1 saturated carbocycles. The third-order valence-corrected chi connectivity index (χ3v) is 5.85. The van der Waals surface area contributed by atoms with E-state index in [1.165, 1.54) is 24.4 Å². The van der Waals surface area contributed by atoms with E-state index in [0.717, 1.165) is 0 Å². The smallest absolute Gasteiger partial charge is 0.422 e. The number of nitrogens with zero attached hydrogens (tertiary/aromatic N) is 1. The molecule has 2 N–H and O–H groups in total. The van der Waals surface area contributed by atoms with Crippen molar-refractivity contribution in [3.8, 4) is 11.6 Å². The lowest BCUT2D eigenvalue weighted by Gasteiger charge is -2.28. The average molecular weight is 520 g/mol. The Balaban J connectivity index is 1.37. The molecule has 34 heavy (non-hydrogen) atoms. The van der Waals surface area contributed by atoms with Crippen LogP contribution >= 0.6 is 23.2 Å². The molecular formula is C22H22Cl2F3N3O4. The van der Waals surface area contributed by atoms with Crippen molar-refractivity contribution in [3.05, 3.63) is 46.6 Å². The van der Waals surface area contributed by atoms with Gasteiger partial charge in [0, 0.05) is 24.1 Å². The van der Waals surface area contributed by atoms with Crippen molar-refractivity contribution in [3.63, 3.8) is 0 Å². The van der Waals surface area contributed by atoms with Crippen LogP contribution in [-0.4, -0.2) is 42.2 Å². The quantitative estimate of drug-likeness (QED) is 0.510. The summed E-state index contributed by atoms with van der Waals surface area (Å²) in [6.07, 6.45) is -0.818. The van der Waals surface area contributed by atoms with Gasteiger partial charge in [-0.15, -0.1) is 0 Å². The van der Waals surface area contributed by atoms with Crippen LogP contribution in [-0.2, 0) is 9.59 Å². The van der Waals surface area contributed by atoms with Gasteiger partial charge < -0.3 is 20.1 Å². The first-order valence-corrected chi connectivity index (χ1v) is 11.2. The first-order valence-electron chi connectivity index (χ1n) is 10.4. The second kappa shape index (κ2) is 11.6. The fourth-order valence-corrected chi connectivity index (χ4v) is 3.71. The Morgan fingerprint density at radius 2 is 1.76 bits per heavy atom. The van der Waals surface area contributed by atoms with Gasteiger partial charge in [-0.05, 0) is 43.9 Å². The summed E-state index contributed by atoms with van der Waals surface area (Å²) in [5, 5.41) is 6.32. The first kappa shape index (κ1) is 25.9. The number of carbonyl (C=O) groups excluding carboxylic acids is 2. The molecule has 0 bridgehead atoms. The van der Waals surface area contributed by atoms with E-state index in [2.05, 4.69) is 20.4 Å². The number of ether oxygens (including phenoxy) is 2. The number of halogens is 5. The predicted octanol–water partition coefficient (Wildman–Crippen LogP) is 5.02. The molecule has 2 aromatic rings. The molecule has 1 heterocycles. The summed E-state index contributed by atoms with van der Waals surface area (Å²) in [7, 11) is 0. The van der Waals surface area contributed by atoms with Gasteiger partial charge >= 0.3 is 6.18 Å². The maximum atomic E-state index is 12.5. The van der Waals surface area contributed by atoms with Crippen LogP contribution < -0.4 is 20.1 Å². The van der Waals surface area contributed by atoms with Crippen LogP contribution in [0.15, 0.2) is 36.5 Å². The molecule has 7 nitrogen and oxygen atoms in total. The van der Waals surface area contributed by atoms with E-state index >= 15 is 0 Å². The molecule has 1 aliphatic carbocycles. The number of alkyl halides is 3. The Morgan fingerprint density at radius 3 is 2.38 bits per heavy atom. The number of nitrogens with one attached hydrogen (secondary N) is 2. The molecule has 1 fully saturated rings. The van der Waals surface area contributed by atoms with Gasteiger partial charge in [-0.1, -0.05) is 23.2 Å². The molecular weight excluding hydrogens is 498 g/mol. The first-order chi connectivity index (χ1) is 16.1. The van der Waals surface area contributed by atoms with E-state index in [-0.39, 0.29) is 36.3 Å². The zero-order valence-corrected chi connectivity index (χ0v) is 19.3. The van der Waals surface area contributed by atoms with E-state index in [9.17, 15) is 22.8 Å². The Morgan fingerprint density at radius 1 is 1.03 bits per heavy atom. The summed E-state index contributed by atoms with van der Waals surface area (Å²) in [5.41, 5.74) is 0.360. The molecule has 184 valence electrons. The van der Waals surface area contributed by atoms with Crippen LogP contribution in [0.1, 0.15) is 25.7 Å². The van der Waals surface area contributed by atoms with Crippen LogP contribution in [0.2, 0.25) is 10.0 Å². The number of rotatable bonds is 8. The number of aromatic nitrogens is 1. The topological polar surface area (TPSA) is 89.5 Å². The number of amides is 2. The molecule has 0 spiro atoms. The Kier molecular flexibility index (Phi) is 8.84. The van der Waals surface area contributed by atoms with Gasteiger partial charge in [0.25, 0.3) is 5.91 Å². The number of anilines is 1. The largest absolute Gasteiger partial charge is 0.484 e. The number of hydrogen-bond acceptors (Lipinski definition) is 5. The van der Waals surface area contributed by atoms with Crippen molar-refractivity contribution in [2.75, 3.05) is 18.5 Å². The van der Waals surface area contributed by atoms with Gasteiger partial charge in [-0.2, -0.15) is 13.2 Å². The number of hydrogen-bond donors (Lipinski definition) is 2. The zero-order valence-electron chi connectivity index (χ0n) is 17.8. The van der Waals surface area contributed by atoms with Crippen molar-refractivity contribution in [1.82, 2.24) is 10.3 Å². The molecule has 1 aromatic heterocycles. The van der Waals surface area contributed by atoms with Gasteiger partial charge in [0.05, 0.1) is 21.9 Å². The monoisotopic (exact) mass is 519 g/mol. The van der Waals surface area contributed by atoms with Gasteiger partial charge in [0.1, 0.15) is 5.75 Å². The predicted molar refractivity (Wildman–Crippen MR) is 120 cm³/mol. The van der Waals surface area contributed by atoms with Gasteiger partial charge in [-0.3, -0.25) is 9.59 Å². The van der Waals surface area contributed by atoms with Crippen molar-refractivity contribution in [2.24, 2.45) is 5.92 Å². The molecule has 2 amide bonds. The molecule has 1 aliphatic rings. The highest BCUT2D eigenvalue weighted by Gasteiger charge is 2.29. The van der Waals surface area contributed by atoms with Crippen LogP contribution in [0, 0.1) is 5.92 Å². The molecule has 0 radical (unpaired) electrons. The van der Waals surface area contributed by atoms with Gasteiger partial charge in [-0.25, -0.2) is 4.98 Å². The molecule has 0 unspecified atom stereocenters. The van der Waals surface area contributed by atoms with Gasteiger partial charge in [0.2, 0.25) is 11.8 Å². The van der Waals surface area contributed by atoms with E-state index in [4.69, 9.17) is 27.9 Å². The minimum absolute atomic E-state index is 0.0688. The number of carbonyl (C=O) groups is 2. The number of pyridine rings is 1. The fraction of sp³-hybridized carbons (Fsp3) is 0.409. The average Bonchev–Trinajstić information content (AvgIpc) is 2.79. The maximum Gasteiger partial charge on any atom is 0.422 e. The molecule has 1 aromatic carbocycles. The molecule has 0 aliphatic heterocycles. The van der Waals surface area contributed by atoms with Crippen LogP contribution in [0.3, 0.4) is 0 Å². The molecule has 0 atom stereocenters. The maximum absolute atomic E-state index is 12.5. The van der Waals surface area contributed by atoms with Crippen LogP contribution in [0.4, 0.5) is 18.9 Å². The molecule has 3 rings (SSSR count). The van der Waals surface area contributed by atoms with E-state index in [1.54, 1.807) is 12.1 Å². The summed E-state index contributed by atoms with van der Waals surface area (Å²) in [5.74, 6) is -0.493. The Bertz CT molecular complexity index is 998. The highest BCUT2D eigenvalue weighted by molar-refractivity contribution is 6.42. The van der Waals surface area contributed by atoms with Crippen molar-refractivity contribution < 1.29 is 32.2 Å². The van der Waals surface area contributed by atoms with Crippen molar-refractivity contribution in [1.29, 1.82) is 0 Å². The standard InChI is InChI=1S/C22H22Cl2F3N3O4/c23-17-7-6-16(9-18(17)24)33-11-19(31)29-14-3-1-13(2-4-14)21(32)30-15-5-8-20(28-10-15)34-12-22(25,26)27/h5-10,13-14H,1-4,11-12H2,(H,29,31)(H,30,32). The van der Waals surface area contributed by atoms with Crippen LogP contribution in [0.5, 0.6) is 11.6 Å². The third kappa shape index (κ3) is 8.25. The zero-order chi connectivity index (χ0) is 24.7. The minimum Gasteiger partial charge on any atom is -0.484 e. The number of benzene rings is 1. The SMILES string of the molecule is O=C(COc1ccc(Cl)c(Cl)c1)NC1CCC(C(=O)Nc2ccc(OCC(F)(F)F)nc2)CC1. The van der Waals surface area contributed by atoms with Crippen molar-refractivity contribution >= 4 is 40.7 Å². The summed E-state index contributed by atoms with van der Waals surface area (Å²) < 4.78 is 46.5. The second-order valence-corrected chi connectivity index (χ2v) is 8.57. The summed E-state index contributed by atoms with van der Waals surface area (Å²) in [6, 6.07) is 7.34. The molecule has 12 heteroatoms.